The van der Waals surface area contributed by atoms with E-state index in [9.17, 15) is 19.2 Å². The molecule has 0 radical (unpaired) electrons. The van der Waals surface area contributed by atoms with E-state index in [1.54, 1.807) is 0 Å². The van der Waals surface area contributed by atoms with Gasteiger partial charge >= 0.3 is 11.9 Å². The van der Waals surface area contributed by atoms with E-state index in [0.717, 1.165) is 0 Å². The first-order valence-electron chi connectivity index (χ1n) is 4.75. The van der Waals surface area contributed by atoms with Crippen molar-refractivity contribution in [2.75, 3.05) is 0 Å². The zero-order valence-electron chi connectivity index (χ0n) is 8.84. The first kappa shape index (κ1) is 12.4. The van der Waals surface area contributed by atoms with Crippen molar-refractivity contribution >= 4 is 23.5 Å². The minimum atomic E-state index is -1.34. The summed E-state index contributed by atoms with van der Waals surface area (Å²) in [5, 5.41) is 17.7. The Kier molecular flexibility index (Phi) is 3.11. The van der Waals surface area contributed by atoms with Gasteiger partial charge < -0.3 is 10.2 Å². The molecule has 88 valence electrons. The lowest BCUT2D eigenvalue weighted by Gasteiger charge is -2.44. The van der Waals surface area contributed by atoms with Gasteiger partial charge in [0.25, 0.3) is 0 Å². The number of carbonyl (C=O) groups excluding carboxylic acids is 2. The summed E-state index contributed by atoms with van der Waals surface area (Å²) >= 11 is 0. The lowest BCUT2D eigenvalue weighted by molar-refractivity contribution is -0.179. The fourth-order valence-electron chi connectivity index (χ4n) is 2.37. The Morgan fingerprint density at radius 1 is 0.688 bits per heavy atom. The number of hydrogen-bond acceptors (Lipinski definition) is 4. The van der Waals surface area contributed by atoms with Crippen LogP contribution in [0.3, 0.4) is 0 Å². The van der Waals surface area contributed by atoms with Gasteiger partial charge in [0, 0.05) is 11.8 Å². The Hall–Kier alpha value is -1.72. The first-order valence-corrected chi connectivity index (χ1v) is 4.75. The molecule has 0 heterocycles. The van der Waals surface area contributed by atoms with Gasteiger partial charge in [-0.2, -0.15) is 0 Å². The number of Topliss-reactive ketones (excluding diaryl/α,β-unsaturated/α-hetero) is 2. The molecule has 1 aliphatic carbocycles. The molecule has 0 aromatic heterocycles. The maximum absolute atomic E-state index is 11.2. The molecule has 1 fully saturated rings. The van der Waals surface area contributed by atoms with Crippen LogP contribution in [0, 0.1) is 23.7 Å². The van der Waals surface area contributed by atoms with Gasteiger partial charge in [0.05, 0.1) is 11.8 Å². The van der Waals surface area contributed by atoms with E-state index in [1.807, 2.05) is 0 Å². The lowest BCUT2D eigenvalue weighted by atomic mass is 9.54. The van der Waals surface area contributed by atoms with Gasteiger partial charge in [0.2, 0.25) is 0 Å². The highest BCUT2D eigenvalue weighted by Gasteiger charge is 2.61. The van der Waals surface area contributed by atoms with Crippen molar-refractivity contribution in [3.8, 4) is 0 Å². The van der Waals surface area contributed by atoms with Gasteiger partial charge in [-0.1, -0.05) is 0 Å². The SMILES string of the molecule is CC(=O)C1C(C(C)=O)C(C(=O)O)C1C(=O)O. The molecular weight excluding hydrogens is 216 g/mol. The standard InChI is InChI=1S/C10H12O6/c1-3(11)5-6(4(2)12)8(10(15)16)7(5)9(13)14/h5-8H,1-2H3,(H,13,14)(H,15,16). The van der Waals surface area contributed by atoms with Gasteiger partial charge in [0.1, 0.15) is 11.6 Å². The third-order valence-electron chi connectivity index (χ3n) is 3.06. The zero-order valence-corrected chi connectivity index (χ0v) is 8.84. The topological polar surface area (TPSA) is 109 Å². The van der Waals surface area contributed by atoms with Crippen molar-refractivity contribution in [2.24, 2.45) is 23.7 Å². The van der Waals surface area contributed by atoms with Crippen molar-refractivity contribution in [2.45, 2.75) is 13.8 Å². The Morgan fingerprint density at radius 2 is 0.938 bits per heavy atom. The molecule has 0 amide bonds. The largest absolute Gasteiger partial charge is 0.481 e. The predicted octanol–water partition coefficient (Wildman–Crippen LogP) is -0.188. The summed E-state index contributed by atoms with van der Waals surface area (Å²) in [5.74, 6) is -8.18. The molecule has 4 unspecified atom stereocenters. The van der Waals surface area contributed by atoms with Crippen LogP contribution in [0.5, 0.6) is 0 Å². The highest BCUT2D eigenvalue weighted by atomic mass is 16.4. The molecule has 6 heteroatoms. The molecule has 6 nitrogen and oxygen atoms in total. The average Bonchev–Trinajstić information content (AvgIpc) is 1.97. The molecule has 0 spiro atoms. The third-order valence-corrected chi connectivity index (χ3v) is 3.06. The Morgan fingerprint density at radius 3 is 1.06 bits per heavy atom. The van der Waals surface area contributed by atoms with Gasteiger partial charge in [0.15, 0.2) is 0 Å². The number of hydrogen-bond donors (Lipinski definition) is 2. The molecule has 0 aliphatic heterocycles. The number of carboxylic acid groups (broad SMARTS) is 2. The molecule has 4 atom stereocenters. The number of aliphatic carboxylic acids is 2. The van der Waals surface area contributed by atoms with E-state index in [-0.39, 0.29) is 0 Å². The maximum Gasteiger partial charge on any atom is 0.308 e. The Bertz CT molecular complexity index is 292. The summed E-state index contributed by atoms with van der Waals surface area (Å²) in [6.07, 6.45) is 0. The number of ketones is 2. The van der Waals surface area contributed by atoms with Gasteiger partial charge in [-0.15, -0.1) is 0 Å². The fraction of sp³-hybridized carbons (Fsp3) is 0.600. The summed E-state index contributed by atoms with van der Waals surface area (Å²) in [4.78, 5) is 44.1. The molecule has 0 bridgehead atoms. The van der Waals surface area contributed by atoms with Crippen LogP contribution in [0.4, 0.5) is 0 Å². The maximum atomic E-state index is 11.2. The average molecular weight is 228 g/mol. The van der Waals surface area contributed by atoms with Gasteiger partial charge in [-0.05, 0) is 13.8 Å². The Balaban J connectivity index is 3.08. The van der Waals surface area contributed by atoms with Gasteiger partial charge in [-0.3, -0.25) is 19.2 Å². The molecule has 1 aliphatic rings. The number of carboxylic acids is 2. The normalized spacial score (nSPS) is 32.6. The molecule has 16 heavy (non-hydrogen) atoms. The molecule has 1 saturated carbocycles. The van der Waals surface area contributed by atoms with E-state index < -0.39 is 47.2 Å². The molecule has 0 saturated heterocycles. The number of carbonyl (C=O) groups is 4. The van der Waals surface area contributed by atoms with Crippen LogP contribution in [-0.2, 0) is 19.2 Å². The summed E-state index contributed by atoms with van der Waals surface area (Å²) in [6.45, 7) is 2.35. The third kappa shape index (κ3) is 1.70. The molecular formula is C10H12O6. The van der Waals surface area contributed by atoms with Crippen molar-refractivity contribution < 1.29 is 29.4 Å². The Labute approximate surface area is 91.3 Å². The monoisotopic (exact) mass is 228 g/mol. The van der Waals surface area contributed by atoms with Crippen molar-refractivity contribution in [1.29, 1.82) is 0 Å². The van der Waals surface area contributed by atoms with E-state index in [0.29, 0.717) is 0 Å². The quantitative estimate of drug-likeness (QED) is 0.690. The molecule has 1 rings (SSSR count). The van der Waals surface area contributed by atoms with Crippen LogP contribution in [-0.4, -0.2) is 33.7 Å². The smallest absolute Gasteiger partial charge is 0.308 e. The first-order chi connectivity index (χ1) is 7.29. The van der Waals surface area contributed by atoms with Crippen LogP contribution in [0.25, 0.3) is 0 Å². The second-order valence-corrected chi connectivity index (χ2v) is 4.00. The van der Waals surface area contributed by atoms with Crippen molar-refractivity contribution in [3.63, 3.8) is 0 Å². The van der Waals surface area contributed by atoms with Crippen LogP contribution in [0.15, 0.2) is 0 Å². The zero-order chi connectivity index (χ0) is 12.6. The van der Waals surface area contributed by atoms with Crippen molar-refractivity contribution in [1.82, 2.24) is 0 Å². The molecule has 0 aromatic rings. The predicted molar refractivity (Wildman–Crippen MR) is 50.6 cm³/mol. The molecule has 0 aromatic carbocycles. The van der Waals surface area contributed by atoms with Crippen LogP contribution in [0.1, 0.15) is 13.8 Å². The van der Waals surface area contributed by atoms with Crippen molar-refractivity contribution in [3.05, 3.63) is 0 Å². The fourth-order valence-corrected chi connectivity index (χ4v) is 2.37. The second kappa shape index (κ2) is 4.03. The van der Waals surface area contributed by atoms with Gasteiger partial charge in [-0.25, -0.2) is 0 Å². The van der Waals surface area contributed by atoms with Crippen LogP contribution in [0.2, 0.25) is 0 Å². The van der Waals surface area contributed by atoms with E-state index in [2.05, 4.69) is 0 Å². The van der Waals surface area contributed by atoms with Crippen LogP contribution < -0.4 is 0 Å². The highest BCUT2D eigenvalue weighted by Crippen LogP contribution is 2.47. The highest BCUT2D eigenvalue weighted by molar-refractivity contribution is 5.99. The minimum Gasteiger partial charge on any atom is -0.481 e. The second-order valence-electron chi connectivity index (χ2n) is 4.00. The summed E-state index contributed by atoms with van der Waals surface area (Å²) in [5.41, 5.74) is 0. The van der Waals surface area contributed by atoms with E-state index in [4.69, 9.17) is 10.2 Å². The number of rotatable bonds is 4. The summed E-state index contributed by atoms with van der Waals surface area (Å²) < 4.78 is 0. The van der Waals surface area contributed by atoms with E-state index >= 15 is 0 Å². The summed E-state index contributed by atoms with van der Waals surface area (Å²) in [6, 6.07) is 0. The lowest BCUT2D eigenvalue weighted by Crippen LogP contribution is -2.59. The summed E-state index contributed by atoms with van der Waals surface area (Å²) in [7, 11) is 0. The van der Waals surface area contributed by atoms with Crippen LogP contribution >= 0.6 is 0 Å². The minimum absolute atomic E-state index is 0.454. The van der Waals surface area contributed by atoms with E-state index in [1.165, 1.54) is 13.8 Å². The molecule has 2 N–H and O–H groups in total.